The number of nitrogens with zero attached hydrogens (tertiary/aromatic N) is 3. The zero-order valence-electron chi connectivity index (χ0n) is 12.7. The first-order valence-corrected chi connectivity index (χ1v) is 7.79. The predicted octanol–water partition coefficient (Wildman–Crippen LogP) is 1.17. The molecule has 1 aromatic rings. The Kier molecular flexibility index (Phi) is 5.06. The average Bonchev–Trinajstić information content (AvgIpc) is 2.72. The van der Waals surface area contributed by atoms with Crippen molar-refractivity contribution in [2.45, 2.75) is 26.0 Å². The molecule has 1 aliphatic heterocycles. The largest absolute Gasteiger partial charge is 0.484 e. The van der Waals surface area contributed by atoms with E-state index in [-0.39, 0.29) is 6.10 Å². The number of nitrogens with one attached hydrogen (secondary N) is 1. The molecule has 0 amide bonds. The Hall–Kier alpha value is -1.05. The highest BCUT2D eigenvalue weighted by Gasteiger charge is 2.23. The van der Waals surface area contributed by atoms with E-state index in [4.69, 9.17) is 10.5 Å². The summed E-state index contributed by atoms with van der Waals surface area (Å²) in [6.07, 6.45) is 0.0951. The van der Waals surface area contributed by atoms with E-state index in [1.54, 1.807) is 0 Å². The second-order valence-electron chi connectivity index (χ2n) is 5.67. The first kappa shape index (κ1) is 15.3. The molecule has 0 aromatic carbocycles. The standard InChI is InChI=1S/C13H25N5OS/c1-9(2)19-11-12(14)16-20-13(11)15-7-10-8-17(3)5-6-18(10)4/h9-10,15H,5-8H2,1-4H3,(H2,14,16). The van der Waals surface area contributed by atoms with Gasteiger partial charge in [-0.1, -0.05) is 0 Å². The summed E-state index contributed by atoms with van der Waals surface area (Å²) in [6, 6.07) is 0.490. The van der Waals surface area contributed by atoms with Crippen molar-refractivity contribution in [3.8, 4) is 5.75 Å². The van der Waals surface area contributed by atoms with Crippen molar-refractivity contribution in [2.75, 3.05) is 51.3 Å². The summed E-state index contributed by atoms with van der Waals surface area (Å²) in [7, 11) is 4.34. The van der Waals surface area contributed by atoms with E-state index in [1.165, 1.54) is 11.5 Å². The van der Waals surface area contributed by atoms with Crippen LogP contribution in [0.2, 0.25) is 0 Å². The van der Waals surface area contributed by atoms with E-state index in [9.17, 15) is 0 Å². The van der Waals surface area contributed by atoms with Crippen LogP contribution < -0.4 is 15.8 Å². The topological polar surface area (TPSA) is 66.7 Å². The van der Waals surface area contributed by atoms with Gasteiger partial charge < -0.3 is 20.7 Å². The molecule has 0 spiro atoms. The van der Waals surface area contributed by atoms with Crippen LogP contribution in [0.4, 0.5) is 10.8 Å². The summed E-state index contributed by atoms with van der Waals surface area (Å²) in [5.74, 6) is 1.16. The molecule has 0 bridgehead atoms. The molecule has 3 N–H and O–H groups in total. The van der Waals surface area contributed by atoms with E-state index in [2.05, 4.69) is 33.6 Å². The Morgan fingerprint density at radius 3 is 2.90 bits per heavy atom. The number of ether oxygens (including phenoxy) is 1. The van der Waals surface area contributed by atoms with E-state index in [1.807, 2.05) is 13.8 Å². The van der Waals surface area contributed by atoms with Crippen LogP contribution in [-0.4, -0.2) is 66.6 Å². The first-order valence-electron chi connectivity index (χ1n) is 7.01. The van der Waals surface area contributed by atoms with Gasteiger partial charge in [-0.15, -0.1) is 0 Å². The number of nitrogen functional groups attached to an aromatic ring is 1. The maximum Gasteiger partial charge on any atom is 0.197 e. The van der Waals surface area contributed by atoms with Gasteiger partial charge in [0.15, 0.2) is 16.6 Å². The molecule has 1 aromatic heterocycles. The van der Waals surface area contributed by atoms with Crippen LogP contribution in [0.1, 0.15) is 13.8 Å². The van der Waals surface area contributed by atoms with Crippen molar-refractivity contribution in [3.63, 3.8) is 0 Å². The van der Waals surface area contributed by atoms with Gasteiger partial charge in [-0.2, -0.15) is 4.37 Å². The maximum absolute atomic E-state index is 5.86. The zero-order valence-corrected chi connectivity index (χ0v) is 13.5. The highest BCUT2D eigenvalue weighted by Crippen LogP contribution is 2.35. The Balaban J connectivity index is 1.96. The minimum Gasteiger partial charge on any atom is -0.484 e. The fourth-order valence-corrected chi connectivity index (χ4v) is 2.94. The predicted molar refractivity (Wildman–Crippen MR) is 84.7 cm³/mol. The van der Waals surface area contributed by atoms with Gasteiger partial charge in [0, 0.05) is 32.2 Å². The van der Waals surface area contributed by atoms with Gasteiger partial charge in [-0.3, -0.25) is 4.90 Å². The van der Waals surface area contributed by atoms with E-state index in [0.717, 1.165) is 31.2 Å². The van der Waals surface area contributed by atoms with Gasteiger partial charge in [0.1, 0.15) is 0 Å². The lowest BCUT2D eigenvalue weighted by Crippen LogP contribution is -2.52. The molecular weight excluding hydrogens is 274 g/mol. The van der Waals surface area contributed by atoms with Crippen LogP contribution in [0.5, 0.6) is 5.75 Å². The summed E-state index contributed by atoms with van der Waals surface area (Å²) in [5.41, 5.74) is 5.86. The number of rotatable bonds is 5. The van der Waals surface area contributed by atoms with Gasteiger partial charge >= 0.3 is 0 Å². The first-order chi connectivity index (χ1) is 9.47. The Morgan fingerprint density at radius 1 is 1.45 bits per heavy atom. The summed E-state index contributed by atoms with van der Waals surface area (Å²) < 4.78 is 9.92. The van der Waals surface area contributed by atoms with Crippen LogP contribution in [0.15, 0.2) is 0 Å². The molecule has 1 aliphatic rings. The SMILES string of the molecule is CC(C)Oc1c(N)nsc1NCC1CN(C)CCN1C. The Bertz CT molecular complexity index is 436. The number of hydrogen-bond acceptors (Lipinski definition) is 7. The van der Waals surface area contributed by atoms with Gasteiger partial charge in [0.2, 0.25) is 0 Å². The van der Waals surface area contributed by atoms with Crippen molar-refractivity contribution < 1.29 is 4.74 Å². The fraction of sp³-hybridized carbons (Fsp3) is 0.769. The third-order valence-corrected chi connectivity index (χ3v) is 4.31. The number of nitrogens with two attached hydrogens (primary N) is 1. The smallest absolute Gasteiger partial charge is 0.197 e. The second-order valence-corrected chi connectivity index (χ2v) is 6.44. The molecule has 1 saturated heterocycles. The van der Waals surface area contributed by atoms with Gasteiger partial charge in [0.05, 0.1) is 6.10 Å². The Morgan fingerprint density at radius 2 is 2.20 bits per heavy atom. The third-order valence-electron chi connectivity index (χ3n) is 3.51. The monoisotopic (exact) mass is 299 g/mol. The minimum atomic E-state index is 0.0951. The van der Waals surface area contributed by atoms with Crippen LogP contribution in [0.3, 0.4) is 0 Å². The summed E-state index contributed by atoms with van der Waals surface area (Å²) in [4.78, 5) is 4.75. The van der Waals surface area contributed by atoms with Crippen molar-refractivity contribution >= 4 is 22.4 Å². The molecule has 2 heterocycles. The molecule has 1 atom stereocenters. The van der Waals surface area contributed by atoms with Crippen molar-refractivity contribution in [1.82, 2.24) is 14.2 Å². The third kappa shape index (κ3) is 3.74. The average molecular weight is 299 g/mol. The minimum absolute atomic E-state index is 0.0951. The van der Waals surface area contributed by atoms with E-state index in [0.29, 0.717) is 17.6 Å². The molecule has 0 saturated carbocycles. The summed E-state index contributed by atoms with van der Waals surface area (Å²) >= 11 is 1.37. The number of hydrogen-bond donors (Lipinski definition) is 2. The molecule has 7 heteroatoms. The van der Waals surface area contributed by atoms with E-state index < -0.39 is 0 Å². The molecule has 1 unspecified atom stereocenters. The van der Waals surface area contributed by atoms with Crippen molar-refractivity contribution in [2.24, 2.45) is 0 Å². The highest BCUT2D eigenvalue weighted by atomic mass is 32.1. The van der Waals surface area contributed by atoms with Crippen molar-refractivity contribution in [3.05, 3.63) is 0 Å². The van der Waals surface area contributed by atoms with Crippen LogP contribution in [-0.2, 0) is 0 Å². The normalized spacial score (nSPS) is 21.4. The summed E-state index contributed by atoms with van der Waals surface area (Å²) in [5, 5.41) is 4.37. The molecule has 20 heavy (non-hydrogen) atoms. The van der Waals surface area contributed by atoms with Crippen LogP contribution in [0, 0.1) is 0 Å². The summed E-state index contributed by atoms with van der Waals surface area (Å²) in [6.45, 7) is 8.15. The van der Waals surface area contributed by atoms with Crippen molar-refractivity contribution in [1.29, 1.82) is 0 Å². The lowest BCUT2D eigenvalue weighted by atomic mass is 10.2. The fourth-order valence-electron chi connectivity index (χ4n) is 2.29. The number of likely N-dealkylation sites (N-methyl/N-ethyl adjacent to an activating group) is 2. The molecule has 6 nitrogen and oxygen atoms in total. The molecule has 114 valence electrons. The molecule has 2 rings (SSSR count). The van der Waals surface area contributed by atoms with E-state index >= 15 is 0 Å². The number of anilines is 2. The highest BCUT2D eigenvalue weighted by molar-refractivity contribution is 7.11. The Labute approximate surface area is 125 Å². The van der Waals surface area contributed by atoms with Crippen LogP contribution in [0.25, 0.3) is 0 Å². The van der Waals surface area contributed by atoms with Gasteiger partial charge in [-0.05, 0) is 39.5 Å². The molecule has 0 aliphatic carbocycles. The molecule has 0 radical (unpaired) electrons. The van der Waals surface area contributed by atoms with Gasteiger partial charge in [0.25, 0.3) is 0 Å². The number of aromatic nitrogens is 1. The zero-order chi connectivity index (χ0) is 14.7. The lowest BCUT2D eigenvalue weighted by Gasteiger charge is -2.37. The second kappa shape index (κ2) is 6.60. The quantitative estimate of drug-likeness (QED) is 0.851. The lowest BCUT2D eigenvalue weighted by molar-refractivity contribution is 0.122. The number of piperazine rings is 1. The van der Waals surface area contributed by atoms with Crippen LogP contribution >= 0.6 is 11.5 Å². The van der Waals surface area contributed by atoms with Gasteiger partial charge in [-0.25, -0.2) is 0 Å². The molecular formula is C13H25N5OS. The maximum atomic E-state index is 5.86. The molecule has 1 fully saturated rings.